The van der Waals surface area contributed by atoms with E-state index in [2.05, 4.69) is 4.98 Å². The summed E-state index contributed by atoms with van der Waals surface area (Å²) in [4.78, 5) is 17.7. The first-order valence-electron chi connectivity index (χ1n) is 7.42. The third-order valence-electron chi connectivity index (χ3n) is 3.90. The molecule has 0 unspecified atom stereocenters. The van der Waals surface area contributed by atoms with E-state index < -0.39 is 0 Å². The minimum atomic E-state index is 0.0631. The van der Waals surface area contributed by atoms with Crippen LogP contribution in [0.5, 0.6) is 0 Å². The van der Waals surface area contributed by atoms with E-state index in [1.165, 1.54) is 12.8 Å². The van der Waals surface area contributed by atoms with Gasteiger partial charge in [0, 0.05) is 25.0 Å². The van der Waals surface area contributed by atoms with E-state index in [0.717, 1.165) is 31.6 Å². The predicted octanol–water partition coefficient (Wildman–Crippen LogP) is 3.55. The highest BCUT2D eigenvalue weighted by Gasteiger charge is 2.21. The molecule has 0 spiro atoms. The van der Waals surface area contributed by atoms with Crippen LogP contribution in [0.25, 0.3) is 5.69 Å². The first-order valence-corrected chi connectivity index (χ1v) is 7.83. The first-order chi connectivity index (χ1) is 10.3. The van der Waals surface area contributed by atoms with Crippen molar-refractivity contribution in [2.24, 2.45) is 0 Å². The van der Waals surface area contributed by atoms with Gasteiger partial charge in [-0.15, -0.1) is 0 Å². The molecule has 4 nitrogen and oxygen atoms in total. The van der Waals surface area contributed by atoms with E-state index in [4.69, 9.17) is 12.2 Å². The van der Waals surface area contributed by atoms with Gasteiger partial charge in [-0.25, -0.2) is 0 Å². The van der Waals surface area contributed by atoms with Crippen LogP contribution in [-0.4, -0.2) is 33.4 Å². The van der Waals surface area contributed by atoms with Crippen LogP contribution in [0.15, 0.2) is 36.5 Å². The van der Waals surface area contributed by atoms with Crippen molar-refractivity contribution in [3.63, 3.8) is 0 Å². The van der Waals surface area contributed by atoms with Crippen molar-refractivity contribution in [3.8, 4) is 5.69 Å². The summed E-state index contributed by atoms with van der Waals surface area (Å²) in [6.07, 6.45) is 6.32. The fourth-order valence-corrected chi connectivity index (χ4v) is 3.06. The number of H-pyrrole nitrogens is 1. The summed E-state index contributed by atoms with van der Waals surface area (Å²) < 4.78 is 2.38. The maximum atomic E-state index is 12.8. The standard InChI is InChI=1S/C16H19N3OS/c20-15(18-10-6-1-2-7-11-18)14-12-17-16(21)19(14)13-8-4-3-5-9-13/h3-5,8-9,12H,1-2,6-7,10-11H2,(H,17,21). The Kier molecular flexibility index (Phi) is 4.20. The average Bonchev–Trinajstić information content (AvgIpc) is 2.74. The SMILES string of the molecule is O=C(c1c[nH]c(=S)n1-c1ccccc1)N1CCCCCC1. The summed E-state index contributed by atoms with van der Waals surface area (Å²) in [6, 6.07) is 9.77. The van der Waals surface area contributed by atoms with Crippen molar-refractivity contribution < 1.29 is 4.79 Å². The fraction of sp³-hybridized carbons (Fsp3) is 0.375. The second kappa shape index (κ2) is 6.26. The van der Waals surface area contributed by atoms with Crippen molar-refractivity contribution in [1.82, 2.24) is 14.5 Å². The van der Waals surface area contributed by atoms with Crippen LogP contribution in [-0.2, 0) is 0 Å². The number of aromatic nitrogens is 2. The molecule has 0 aliphatic carbocycles. The molecule has 1 aliphatic heterocycles. The summed E-state index contributed by atoms with van der Waals surface area (Å²) in [7, 11) is 0. The molecule has 2 heterocycles. The van der Waals surface area contributed by atoms with Gasteiger partial charge in [0.2, 0.25) is 0 Å². The number of hydrogen-bond acceptors (Lipinski definition) is 2. The van der Waals surface area contributed by atoms with Gasteiger partial charge in [-0.3, -0.25) is 9.36 Å². The van der Waals surface area contributed by atoms with E-state index in [-0.39, 0.29) is 5.91 Å². The number of carbonyl (C=O) groups is 1. The Morgan fingerprint density at radius 2 is 1.71 bits per heavy atom. The topological polar surface area (TPSA) is 41.0 Å². The molecule has 0 atom stereocenters. The van der Waals surface area contributed by atoms with E-state index in [1.807, 2.05) is 39.8 Å². The van der Waals surface area contributed by atoms with Gasteiger partial charge >= 0.3 is 0 Å². The molecule has 1 N–H and O–H groups in total. The maximum Gasteiger partial charge on any atom is 0.272 e. The summed E-state index contributed by atoms with van der Waals surface area (Å²) in [5, 5.41) is 0. The first kappa shape index (κ1) is 14.1. The molecular formula is C16H19N3OS. The zero-order valence-electron chi connectivity index (χ0n) is 11.9. The minimum absolute atomic E-state index is 0.0631. The lowest BCUT2D eigenvalue weighted by Crippen LogP contribution is -2.33. The molecule has 1 aliphatic rings. The van der Waals surface area contributed by atoms with Crippen LogP contribution in [0.1, 0.15) is 36.2 Å². The number of hydrogen-bond donors (Lipinski definition) is 1. The van der Waals surface area contributed by atoms with Crippen LogP contribution in [0, 0.1) is 4.77 Å². The highest BCUT2D eigenvalue weighted by Crippen LogP contribution is 2.17. The number of aromatic amines is 1. The number of benzene rings is 1. The molecule has 0 bridgehead atoms. The summed E-state index contributed by atoms with van der Waals surface area (Å²) in [5.41, 5.74) is 1.54. The second-order valence-electron chi connectivity index (χ2n) is 5.36. The van der Waals surface area contributed by atoms with Crippen molar-refractivity contribution in [2.75, 3.05) is 13.1 Å². The highest BCUT2D eigenvalue weighted by molar-refractivity contribution is 7.71. The van der Waals surface area contributed by atoms with Crippen LogP contribution in [0.2, 0.25) is 0 Å². The number of amides is 1. The average molecular weight is 301 g/mol. The van der Waals surface area contributed by atoms with Crippen LogP contribution in [0.4, 0.5) is 0 Å². The normalized spacial score (nSPS) is 15.7. The Morgan fingerprint density at radius 3 is 2.38 bits per heavy atom. The van der Waals surface area contributed by atoms with Gasteiger partial charge in [0.25, 0.3) is 5.91 Å². The highest BCUT2D eigenvalue weighted by atomic mass is 32.1. The molecule has 1 saturated heterocycles. The molecule has 1 fully saturated rings. The second-order valence-corrected chi connectivity index (χ2v) is 5.74. The molecule has 0 saturated carbocycles. The molecule has 2 aromatic rings. The van der Waals surface area contributed by atoms with E-state index in [1.54, 1.807) is 6.20 Å². The van der Waals surface area contributed by atoms with Gasteiger partial charge in [0.15, 0.2) is 4.77 Å². The third-order valence-corrected chi connectivity index (χ3v) is 4.20. The predicted molar refractivity (Wildman–Crippen MR) is 85.3 cm³/mol. The smallest absolute Gasteiger partial charge is 0.272 e. The number of likely N-dealkylation sites (tertiary alicyclic amines) is 1. The zero-order valence-corrected chi connectivity index (χ0v) is 12.7. The Bertz CT molecular complexity index is 666. The molecule has 5 heteroatoms. The monoisotopic (exact) mass is 301 g/mol. The number of para-hydroxylation sites is 1. The van der Waals surface area contributed by atoms with Crippen molar-refractivity contribution in [2.45, 2.75) is 25.7 Å². The molecule has 3 rings (SSSR count). The number of nitrogens with one attached hydrogen (secondary N) is 1. The lowest BCUT2D eigenvalue weighted by molar-refractivity contribution is 0.0753. The number of nitrogens with zero attached hydrogens (tertiary/aromatic N) is 2. The molecule has 1 amide bonds. The van der Waals surface area contributed by atoms with E-state index in [0.29, 0.717) is 10.5 Å². The van der Waals surface area contributed by atoms with Gasteiger partial charge in [-0.2, -0.15) is 0 Å². The Balaban J connectivity index is 1.96. The lowest BCUT2D eigenvalue weighted by atomic mass is 10.2. The van der Waals surface area contributed by atoms with Gasteiger partial charge in [0.05, 0.1) is 0 Å². The largest absolute Gasteiger partial charge is 0.337 e. The molecule has 110 valence electrons. The number of carbonyl (C=O) groups excluding carboxylic acids is 1. The molecule has 1 aromatic carbocycles. The Labute approximate surface area is 129 Å². The Morgan fingerprint density at radius 1 is 1.05 bits per heavy atom. The molecule has 21 heavy (non-hydrogen) atoms. The van der Waals surface area contributed by atoms with Crippen LogP contribution >= 0.6 is 12.2 Å². The van der Waals surface area contributed by atoms with Gasteiger partial charge < -0.3 is 9.88 Å². The molecule has 0 radical (unpaired) electrons. The van der Waals surface area contributed by atoms with Gasteiger partial charge in [-0.05, 0) is 37.2 Å². The maximum absolute atomic E-state index is 12.8. The quantitative estimate of drug-likeness (QED) is 0.862. The summed E-state index contributed by atoms with van der Waals surface area (Å²) in [5.74, 6) is 0.0631. The Hall–Kier alpha value is -1.88. The minimum Gasteiger partial charge on any atom is -0.337 e. The van der Waals surface area contributed by atoms with E-state index >= 15 is 0 Å². The van der Waals surface area contributed by atoms with E-state index in [9.17, 15) is 4.79 Å². The lowest BCUT2D eigenvalue weighted by Gasteiger charge is -2.20. The molecule has 1 aromatic heterocycles. The number of imidazole rings is 1. The van der Waals surface area contributed by atoms with Crippen molar-refractivity contribution >= 4 is 18.1 Å². The van der Waals surface area contributed by atoms with Crippen LogP contribution < -0.4 is 0 Å². The fourth-order valence-electron chi connectivity index (χ4n) is 2.80. The van der Waals surface area contributed by atoms with Gasteiger partial charge in [0.1, 0.15) is 5.69 Å². The van der Waals surface area contributed by atoms with Gasteiger partial charge in [-0.1, -0.05) is 31.0 Å². The third kappa shape index (κ3) is 2.93. The van der Waals surface area contributed by atoms with Crippen LogP contribution in [0.3, 0.4) is 0 Å². The van der Waals surface area contributed by atoms with Crippen molar-refractivity contribution in [1.29, 1.82) is 0 Å². The summed E-state index contributed by atoms with van der Waals surface area (Å²) >= 11 is 5.34. The number of rotatable bonds is 2. The summed E-state index contributed by atoms with van der Waals surface area (Å²) in [6.45, 7) is 1.68. The van der Waals surface area contributed by atoms with Crippen molar-refractivity contribution in [3.05, 3.63) is 47.0 Å². The zero-order chi connectivity index (χ0) is 14.7. The molecular weight excluding hydrogens is 282 g/mol.